The smallest absolute Gasteiger partial charge is 0.224 e. The number of rotatable bonds is 6. The molecule has 0 spiro atoms. The SMILES string of the molecule is Cc1cc(CC2COCC2NC(=O)Cc2ccc(N(C)C)cc2)on1. The van der Waals surface area contributed by atoms with Gasteiger partial charge in [-0.1, -0.05) is 17.3 Å². The molecule has 1 aromatic carbocycles. The van der Waals surface area contributed by atoms with Crippen LogP contribution in [0.2, 0.25) is 0 Å². The van der Waals surface area contributed by atoms with Crippen LogP contribution in [0.15, 0.2) is 34.9 Å². The second kappa shape index (κ2) is 7.70. The van der Waals surface area contributed by atoms with Crippen LogP contribution in [0, 0.1) is 12.8 Å². The summed E-state index contributed by atoms with van der Waals surface area (Å²) in [5.41, 5.74) is 3.00. The van der Waals surface area contributed by atoms with E-state index in [2.05, 4.69) is 10.5 Å². The van der Waals surface area contributed by atoms with Gasteiger partial charge in [0.1, 0.15) is 5.76 Å². The predicted octanol–water partition coefficient (Wildman–Crippen LogP) is 1.97. The third-order valence-corrected chi connectivity index (χ3v) is 4.50. The Bertz CT molecular complexity index is 709. The van der Waals surface area contributed by atoms with Gasteiger partial charge in [0.15, 0.2) is 0 Å². The van der Waals surface area contributed by atoms with Crippen molar-refractivity contribution in [2.24, 2.45) is 5.92 Å². The van der Waals surface area contributed by atoms with Crippen LogP contribution in [0.4, 0.5) is 5.69 Å². The summed E-state index contributed by atoms with van der Waals surface area (Å²) >= 11 is 0. The molecular formula is C19H25N3O3. The van der Waals surface area contributed by atoms with Gasteiger partial charge >= 0.3 is 0 Å². The summed E-state index contributed by atoms with van der Waals surface area (Å²) in [5.74, 6) is 1.07. The third-order valence-electron chi connectivity index (χ3n) is 4.50. The summed E-state index contributed by atoms with van der Waals surface area (Å²) < 4.78 is 10.8. The van der Waals surface area contributed by atoms with Gasteiger partial charge in [-0.05, 0) is 24.6 Å². The number of aryl methyl sites for hydroxylation is 1. The molecule has 1 fully saturated rings. The van der Waals surface area contributed by atoms with Crippen LogP contribution in [0.5, 0.6) is 0 Å². The Morgan fingerprint density at radius 3 is 2.68 bits per heavy atom. The normalized spacial score (nSPS) is 19.8. The number of nitrogens with zero attached hydrogens (tertiary/aromatic N) is 2. The van der Waals surface area contributed by atoms with Gasteiger partial charge in [-0.25, -0.2) is 0 Å². The average molecular weight is 343 g/mol. The zero-order valence-corrected chi connectivity index (χ0v) is 15.0. The Morgan fingerprint density at radius 2 is 2.04 bits per heavy atom. The van der Waals surface area contributed by atoms with E-state index < -0.39 is 0 Å². The topological polar surface area (TPSA) is 67.6 Å². The number of aromatic nitrogens is 1. The molecule has 0 bridgehead atoms. The number of anilines is 1. The molecular weight excluding hydrogens is 318 g/mol. The Morgan fingerprint density at radius 1 is 1.28 bits per heavy atom. The fourth-order valence-corrected chi connectivity index (χ4v) is 3.09. The van der Waals surface area contributed by atoms with E-state index in [0.29, 0.717) is 19.6 Å². The first-order valence-electron chi connectivity index (χ1n) is 8.57. The Labute approximate surface area is 148 Å². The van der Waals surface area contributed by atoms with Crippen molar-refractivity contribution in [1.29, 1.82) is 0 Å². The Hall–Kier alpha value is -2.34. The molecule has 6 heteroatoms. The predicted molar refractivity (Wildman–Crippen MR) is 95.7 cm³/mol. The van der Waals surface area contributed by atoms with Crippen molar-refractivity contribution in [2.75, 3.05) is 32.2 Å². The molecule has 25 heavy (non-hydrogen) atoms. The Kier molecular flexibility index (Phi) is 5.38. The van der Waals surface area contributed by atoms with Crippen molar-refractivity contribution in [3.8, 4) is 0 Å². The summed E-state index contributed by atoms with van der Waals surface area (Å²) in [6.07, 6.45) is 1.10. The molecule has 1 aliphatic heterocycles. The summed E-state index contributed by atoms with van der Waals surface area (Å²) in [7, 11) is 4.00. The zero-order chi connectivity index (χ0) is 17.8. The number of nitrogens with one attached hydrogen (secondary N) is 1. The van der Waals surface area contributed by atoms with Crippen LogP contribution in [-0.4, -0.2) is 44.4 Å². The van der Waals surface area contributed by atoms with E-state index in [-0.39, 0.29) is 17.9 Å². The van der Waals surface area contributed by atoms with Crippen LogP contribution in [0.25, 0.3) is 0 Å². The number of ether oxygens (including phenoxy) is 1. The molecule has 2 heterocycles. The first kappa shape index (κ1) is 17.5. The Balaban J connectivity index is 1.54. The van der Waals surface area contributed by atoms with Crippen LogP contribution < -0.4 is 10.2 Å². The maximum absolute atomic E-state index is 12.4. The fourth-order valence-electron chi connectivity index (χ4n) is 3.09. The molecule has 134 valence electrons. The lowest BCUT2D eigenvalue weighted by atomic mass is 9.98. The van der Waals surface area contributed by atoms with Crippen molar-refractivity contribution in [3.63, 3.8) is 0 Å². The van der Waals surface area contributed by atoms with E-state index in [0.717, 1.165) is 29.1 Å². The monoisotopic (exact) mass is 343 g/mol. The van der Waals surface area contributed by atoms with Crippen molar-refractivity contribution in [2.45, 2.75) is 25.8 Å². The minimum Gasteiger partial charge on any atom is -0.379 e. The zero-order valence-electron chi connectivity index (χ0n) is 15.0. The van der Waals surface area contributed by atoms with Crippen molar-refractivity contribution >= 4 is 11.6 Å². The highest BCUT2D eigenvalue weighted by atomic mass is 16.5. The van der Waals surface area contributed by atoms with Gasteiger partial charge in [0.05, 0.1) is 31.4 Å². The minimum absolute atomic E-state index is 0.0129. The highest BCUT2D eigenvalue weighted by molar-refractivity contribution is 5.79. The summed E-state index contributed by atoms with van der Waals surface area (Å²) in [5, 5.41) is 7.02. The molecule has 2 unspecified atom stereocenters. The highest BCUT2D eigenvalue weighted by Gasteiger charge is 2.30. The molecule has 2 aromatic rings. The number of carbonyl (C=O) groups is 1. The van der Waals surface area contributed by atoms with Gasteiger partial charge < -0.3 is 19.5 Å². The standard InChI is InChI=1S/C19H25N3O3/c1-13-8-17(25-21-13)10-15-11-24-12-18(15)20-19(23)9-14-4-6-16(7-5-14)22(2)3/h4-8,15,18H,9-12H2,1-3H3,(H,20,23). The van der Waals surface area contributed by atoms with Crippen molar-refractivity contribution in [1.82, 2.24) is 10.5 Å². The summed E-state index contributed by atoms with van der Waals surface area (Å²) in [4.78, 5) is 14.4. The second-order valence-electron chi connectivity index (χ2n) is 6.85. The maximum Gasteiger partial charge on any atom is 0.224 e. The van der Waals surface area contributed by atoms with Gasteiger partial charge in [-0.2, -0.15) is 0 Å². The first-order chi connectivity index (χ1) is 12.0. The van der Waals surface area contributed by atoms with Crippen LogP contribution in [0.3, 0.4) is 0 Å². The van der Waals surface area contributed by atoms with E-state index in [1.165, 1.54) is 0 Å². The number of benzene rings is 1. The van der Waals surface area contributed by atoms with E-state index in [1.54, 1.807) is 0 Å². The molecule has 1 saturated heterocycles. The molecule has 0 saturated carbocycles. The molecule has 1 aromatic heterocycles. The quantitative estimate of drug-likeness (QED) is 0.868. The number of amides is 1. The lowest BCUT2D eigenvalue weighted by Gasteiger charge is -2.18. The van der Waals surface area contributed by atoms with E-state index in [9.17, 15) is 4.79 Å². The fraction of sp³-hybridized carbons (Fsp3) is 0.474. The lowest BCUT2D eigenvalue weighted by molar-refractivity contribution is -0.121. The molecule has 1 amide bonds. The van der Waals surface area contributed by atoms with Crippen LogP contribution >= 0.6 is 0 Å². The van der Waals surface area contributed by atoms with Gasteiger partial charge in [0.25, 0.3) is 0 Å². The summed E-state index contributed by atoms with van der Waals surface area (Å²) in [6, 6.07) is 9.99. The van der Waals surface area contributed by atoms with E-state index in [1.807, 2.05) is 56.3 Å². The second-order valence-corrected chi connectivity index (χ2v) is 6.85. The van der Waals surface area contributed by atoms with Crippen LogP contribution in [-0.2, 0) is 22.4 Å². The molecule has 6 nitrogen and oxygen atoms in total. The molecule has 0 radical (unpaired) electrons. The average Bonchev–Trinajstić information content (AvgIpc) is 3.17. The highest BCUT2D eigenvalue weighted by Crippen LogP contribution is 2.20. The maximum atomic E-state index is 12.4. The molecule has 0 aliphatic carbocycles. The number of hydrogen-bond donors (Lipinski definition) is 1. The number of carbonyl (C=O) groups excluding carboxylic acids is 1. The third kappa shape index (κ3) is 4.60. The molecule has 1 aliphatic rings. The summed E-state index contributed by atoms with van der Waals surface area (Å²) in [6.45, 7) is 3.07. The van der Waals surface area contributed by atoms with Gasteiger partial charge in [0.2, 0.25) is 5.91 Å². The van der Waals surface area contributed by atoms with Crippen molar-refractivity contribution in [3.05, 3.63) is 47.3 Å². The molecule has 3 rings (SSSR count). The van der Waals surface area contributed by atoms with Gasteiger partial charge in [0, 0.05) is 38.2 Å². The first-order valence-corrected chi connectivity index (χ1v) is 8.57. The minimum atomic E-state index is 0.0129. The lowest BCUT2D eigenvalue weighted by Crippen LogP contribution is -2.41. The molecule has 1 N–H and O–H groups in total. The number of hydrogen-bond acceptors (Lipinski definition) is 5. The largest absolute Gasteiger partial charge is 0.379 e. The van der Waals surface area contributed by atoms with Crippen LogP contribution in [0.1, 0.15) is 17.0 Å². The van der Waals surface area contributed by atoms with E-state index >= 15 is 0 Å². The van der Waals surface area contributed by atoms with Crippen molar-refractivity contribution < 1.29 is 14.1 Å². The van der Waals surface area contributed by atoms with Gasteiger partial charge in [-0.15, -0.1) is 0 Å². The van der Waals surface area contributed by atoms with E-state index in [4.69, 9.17) is 9.26 Å². The van der Waals surface area contributed by atoms with Gasteiger partial charge in [-0.3, -0.25) is 4.79 Å². The molecule has 2 atom stereocenters.